The molecule has 0 unspecified atom stereocenters. The van der Waals surface area contributed by atoms with Gasteiger partial charge < -0.3 is 0 Å². The van der Waals surface area contributed by atoms with Crippen LogP contribution in [-0.2, 0) is 12.8 Å². The fourth-order valence-electron chi connectivity index (χ4n) is 3.27. The van der Waals surface area contributed by atoms with Crippen molar-refractivity contribution in [1.29, 1.82) is 0 Å². The van der Waals surface area contributed by atoms with Gasteiger partial charge in [0.2, 0.25) is 0 Å². The Bertz CT molecular complexity index is 924. The zero-order valence-electron chi connectivity index (χ0n) is 13.6. The summed E-state index contributed by atoms with van der Waals surface area (Å²) in [4.78, 5) is 4.56. The van der Waals surface area contributed by atoms with Crippen molar-refractivity contribution < 1.29 is 0 Å². The van der Waals surface area contributed by atoms with Gasteiger partial charge in [-0.25, -0.2) is 4.98 Å². The Morgan fingerprint density at radius 1 is 0.750 bits per heavy atom. The zero-order valence-corrected chi connectivity index (χ0v) is 13.6. The first kappa shape index (κ1) is 14.7. The fraction of sp³-hybridized carbons (Fsp3) is 0.136. The van der Waals surface area contributed by atoms with Crippen molar-refractivity contribution in [2.24, 2.45) is 0 Å². The van der Waals surface area contributed by atoms with E-state index >= 15 is 0 Å². The predicted octanol–water partition coefficient (Wildman–Crippen LogP) is 5.20. The topological polar surface area (TPSA) is 17.8 Å². The second-order valence-corrected chi connectivity index (χ2v) is 6.06. The van der Waals surface area contributed by atoms with E-state index in [4.69, 9.17) is 0 Å². The average molecular weight is 312 g/mol. The third kappa shape index (κ3) is 2.95. The molecular formula is C22H20N2. The zero-order chi connectivity index (χ0) is 16.2. The molecule has 0 bridgehead atoms. The molecule has 0 radical (unpaired) electrons. The first-order chi connectivity index (χ1) is 11.9. The number of benzene rings is 2. The Hall–Kier alpha value is -2.87. The molecule has 4 aromatic rings. The number of pyridine rings is 1. The molecule has 118 valence electrons. The van der Waals surface area contributed by atoms with Crippen LogP contribution in [0, 0.1) is 0 Å². The van der Waals surface area contributed by atoms with Gasteiger partial charge in [-0.05, 0) is 49.1 Å². The molecule has 2 aromatic carbocycles. The van der Waals surface area contributed by atoms with E-state index in [2.05, 4.69) is 76.3 Å². The lowest BCUT2D eigenvalue weighted by Gasteiger charge is -2.10. The van der Waals surface area contributed by atoms with Crippen molar-refractivity contribution in [2.75, 3.05) is 0 Å². The number of rotatable bonds is 5. The molecule has 0 amide bonds. The fourth-order valence-corrected chi connectivity index (χ4v) is 3.27. The Balaban J connectivity index is 1.65. The monoisotopic (exact) mass is 312 g/mol. The van der Waals surface area contributed by atoms with Gasteiger partial charge in [0.1, 0.15) is 5.82 Å². The van der Waals surface area contributed by atoms with Crippen LogP contribution in [0.4, 0.5) is 0 Å². The number of hydrogen-bond acceptors (Lipinski definition) is 1. The standard InChI is InChI=1S/C22H20N2/c1-2-9-18(10-3-1)11-8-13-20-17-19-12-4-5-14-21(19)24(20)22-15-6-7-16-23-22/h1-7,9-10,12,14-17H,8,11,13H2. The van der Waals surface area contributed by atoms with Crippen LogP contribution in [0.5, 0.6) is 0 Å². The summed E-state index contributed by atoms with van der Waals surface area (Å²) in [5.41, 5.74) is 3.95. The second-order valence-electron chi connectivity index (χ2n) is 6.06. The van der Waals surface area contributed by atoms with Gasteiger partial charge in [0.05, 0.1) is 5.52 Å². The van der Waals surface area contributed by atoms with Gasteiger partial charge in [-0.1, -0.05) is 54.6 Å². The van der Waals surface area contributed by atoms with Gasteiger partial charge in [0.15, 0.2) is 0 Å². The summed E-state index contributed by atoms with van der Waals surface area (Å²) in [7, 11) is 0. The van der Waals surface area contributed by atoms with E-state index in [9.17, 15) is 0 Å². The summed E-state index contributed by atoms with van der Waals surface area (Å²) in [6, 6.07) is 27.6. The third-order valence-electron chi connectivity index (χ3n) is 4.41. The molecule has 0 fully saturated rings. The molecule has 2 aromatic heterocycles. The van der Waals surface area contributed by atoms with Crippen molar-refractivity contribution in [3.05, 3.63) is 96.3 Å². The largest absolute Gasteiger partial charge is 0.298 e. The molecule has 2 nitrogen and oxygen atoms in total. The summed E-state index contributed by atoms with van der Waals surface area (Å²) < 4.78 is 2.29. The van der Waals surface area contributed by atoms with Crippen LogP contribution < -0.4 is 0 Å². The lowest BCUT2D eigenvalue weighted by molar-refractivity contribution is 0.779. The Labute approximate surface area is 142 Å². The van der Waals surface area contributed by atoms with Gasteiger partial charge in [-0.3, -0.25) is 4.57 Å². The summed E-state index contributed by atoms with van der Waals surface area (Å²) >= 11 is 0. The highest BCUT2D eigenvalue weighted by Crippen LogP contribution is 2.24. The Morgan fingerprint density at radius 3 is 2.38 bits per heavy atom. The van der Waals surface area contributed by atoms with E-state index in [1.165, 1.54) is 22.2 Å². The average Bonchev–Trinajstić information content (AvgIpc) is 3.01. The van der Waals surface area contributed by atoms with Crippen LogP contribution in [0.2, 0.25) is 0 Å². The smallest absolute Gasteiger partial charge is 0.137 e. The number of para-hydroxylation sites is 1. The molecule has 0 saturated carbocycles. The highest BCUT2D eigenvalue weighted by molar-refractivity contribution is 5.83. The molecule has 0 N–H and O–H groups in total. The minimum absolute atomic E-state index is 0.994. The molecule has 0 aliphatic rings. The molecule has 2 heteroatoms. The second kappa shape index (κ2) is 6.71. The summed E-state index contributed by atoms with van der Waals surface area (Å²) in [5, 5.41) is 1.28. The van der Waals surface area contributed by atoms with Crippen LogP contribution in [0.3, 0.4) is 0 Å². The number of nitrogens with zero attached hydrogens (tertiary/aromatic N) is 2. The van der Waals surface area contributed by atoms with Crippen LogP contribution >= 0.6 is 0 Å². The highest BCUT2D eigenvalue weighted by atomic mass is 15.1. The maximum Gasteiger partial charge on any atom is 0.137 e. The van der Waals surface area contributed by atoms with E-state index in [1.807, 2.05) is 18.3 Å². The van der Waals surface area contributed by atoms with Crippen LogP contribution in [-0.4, -0.2) is 9.55 Å². The summed E-state index contributed by atoms with van der Waals surface area (Å²) in [5.74, 6) is 0.994. The van der Waals surface area contributed by atoms with Gasteiger partial charge in [-0.15, -0.1) is 0 Å². The number of hydrogen-bond donors (Lipinski definition) is 0. The molecule has 2 heterocycles. The lowest BCUT2D eigenvalue weighted by atomic mass is 10.1. The van der Waals surface area contributed by atoms with Crippen LogP contribution in [0.15, 0.2) is 85.1 Å². The van der Waals surface area contributed by atoms with Crippen molar-refractivity contribution in [2.45, 2.75) is 19.3 Å². The summed E-state index contributed by atoms with van der Waals surface area (Å²) in [6.45, 7) is 0. The van der Waals surface area contributed by atoms with Gasteiger partial charge in [0.25, 0.3) is 0 Å². The molecule has 0 aliphatic heterocycles. The number of fused-ring (bicyclic) bond motifs is 1. The quantitative estimate of drug-likeness (QED) is 0.495. The molecule has 0 spiro atoms. The maximum absolute atomic E-state index is 4.56. The minimum Gasteiger partial charge on any atom is -0.298 e. The van der Waals surface area contributed by atoms with E-state index in [0.717, 1.165) is 25.1 Å². The molecule has 24 heavy (non-hydrogen) atoms. The van der Waals surface area contributed by atoms with Crippen molar-refractivity contribution in [3.63, 3.8) is 0 Å². The summed E-state index contributed by atoms with van der Waals surface area (Å²) in [6.07, 6.45) is 5.13. The lowest BCUT2D eigenvalue weighted by Crippen LogP contribution is -2.02. The molecule has 0 saturated heterocycles. The van der Waals surface area contributed by atoms with Crippen molar-refractivity contribution in [3.8, 4) is 5.82 Å². The predicted molar refractivity (Wildman–Crippen MR) is 99.5 cm³/mol. The highest BCUT2D eigenvalue weighted by Gasteiger charge is 2.10. The first-order valence-corrected chi connectivity index (χ1v) is 8.46. The van der Waals surface area contributed by atoms with Gasteiger partial charge >= 0.3 is 0 Å². The SMILES string of the molecule is c1ccc(CCCc2cc3ccccc3n2-c2ccccn2)cc1. The maximum atomic E-state index is 4.56. The van der Waals surface area contributed by atoms with E-state index in [1.54, 1.807) is 0 Å². The Kier molecular flexibility index (Phi) is 4.11. The van der Waals surface area contributed by atoms with Crippen LogP contribution in [0.25, 0.3) is 16.7 Å². The minimum atomic E-state index is 0.994. The molecule has 4 rings (SSSR count). The normalized spacial score (nSPS) is 11.0. The van der Waals surface area contributed by atoms with Crippen molar-refractivity contribution >= 4 is 10.9 Å². The molecular weight excluding hydrogens is 292 g/mol. The van der Waals surface area contributed by atoms with Crippen molar-refractivity contribution in [1.82, 2.24) is 9.55 Å². The number of aryl methyl sites for hydroxylation is 2. The third-order valence-corrected chi connectivity index (χ3v) is 4.41. The van der Waals surface area contributed by atoms with Gasteiger partial charge in [0, 0.05) is 17.3 Å². The number of aromatic nitrogens is 2. The van der Waals surface area contributed by atoms with Gasteiger partial charge in [-0.2, -0.15) is 0 Å². The molecule has 0 aliphatic carbocycles. The Morgan fingerprint density at radius 2 is 1.54 bits per heavy atom. The molecule has 0 atom stereocenters. The van der Waals surface area contributed by atoms with Crippen LogP contribution in [0.1, 0.15) is 17.7 Å². The van der Waals surface area contributed by atoms with E-state index in [0.29, 0.717) is 0 Å². The first-order valence-electron chi connectivity index (χ1n) is 8.46. The van der Waals surface area contributed by atoms with E-state index < -0.39 is 0 Å². The van der Waals surface area contributed by atoms with E-state index in [-0.39, 0.29) is 0 Å².